The van der Waals surface area contributed by atoms with Gasteiger partial charge in [-0.2, -0.15) is 0 Å². The fourth-order valence-corrected chi connectivity index (χ4v) is 18.7. The summed E-state index contributed by atoms with van der Waals surface area (Å²) >= 11 is 0. The van der Waals surface area contributed by atoms with Crippen LogP contribution in [0.15, 0.2) is 449 Å². The molecule has 12 aromatic heterocycles. The SMILES string of the molecule is c1ccc(-c2cc(-c3ccccc3)nc(-c3cccc(-n4c5ccccc5c5c6c7ccccc7n(-c7cccc(-c8nc(-c9ccccc9)cc(-c9ccccc9)n8)n7)c6ccc54)n3)n2)cc1.c1ccc(-c2nc(-c3ccccc3)nc(-c3cccc(-n4c5ccccc5c5c6c7ccccc7n(-c7cccc(-c8nc(-c9ccccc9)nc(-c9ccccc9)n8)n7)c6ccc54)n3)n2)cc1. The fraction of sp³-hybridized carbons (Fsp3) is 0. The van der Waals surface area contributed by atoms with Crippen LogP contribution in [0.4, 0.5) is 0 Å². The molecule has 0 spiro atoms. The van der Waals surface area contributed by atoms with Crippen LogP contribution in [-0.2, 0) is 0 Å². The Kier molecular flexibility index (Phi) is 19.7. The molecule has 0 bridgehead atoms. The van der Waals surface area contributed by atoms with Gasteiger partial charge < -0.3 is 0 Å². The van der Waals surface area contributed by atoms with E-state index in [1.807, 2.05) is 255 Å². The average molecular weight is 1740 g/mol. The van der Waals surface area contributed by atoms with E-state index < -0.39 is 0 Å². The summed E-state index contributed by atoms with van der Waals surface area (Å²) in [5, 5.41) is 8.97. The van der Waals surface area contributed by atoms with Crippen molar-refractivity contribution in [3.8, 4) is 160 Å². The molecule has 26 aromatic rings. The lowest BCUT2D eigenvalue weighted by molar-refractivity contribution is 1.03. The molecule has 14 aromatic carbocycles. The first-order valence-electron chi connectivity index (χ1n) is 45.0. The summed E-state index contributed by atoms with van der Waals surface area (Å²) in [6, 6.07) is 152. The smallest absolute Gasteiger partial charge is 0.182 e. The molecule has 0 aliphatic heterocycles. The highest BCUT2D eigenvalue weighted by molar-refractivity contribution is 6.30. The second-order valence-corrected chi connectivity index (χ2v) is 33.1. The molecule has 26 rings (SSSR count). The van der Waals surface area contributed by atoms with Crippen LogP contribution in [0.25, 0.3) is 247 Å². The number of rotatable bonds is 16. The number of hydrogen-bond donors (Lipinski definition) is 0. The van der Waals surface area contributed by atoms with Gasteiger partial charge in [0.25, 0.3) is 0 Å². The predicted octanol–water partition coefficient (Wildman–Crippen LogP) is 27.3. The van der Waals surface area contributed by atoms with Crippen LogP contribution in [0.1, 0.15) is 0 Å². The number of nitrogens with zero attached hydrogens (tertiary/aromatic N) is 18. The van der Waals surface area contributed by atoms with E-state index in [-0.39, 0.29) is 0 Å². The number of aromatic nitrogens is 18. The maximum atomic E-state index is 5.35. The Morgan fingerprint density at radius 2 is 0.301 bits per heavy atom. The minimum atomic E-state index is 0.491. The molecule has 0 unspecified atom stereocenters. The van der Waals surface area contributed by atoms with Crippen molar-refractivity contribution < 1.29 is 0 Å². The first-order valence-corrected chi connectivity index (χ1v) is 45.0. The Labute approximate surface area is 779 Å². The molecule has 0 N–H and O–H groups in total. The summed E-state index contributed by atoms with van der Waals surface area (Å²) in [6.07, 6.45) is 0. The highest BCUT2D eigenvalue weighted by atomic mass is 15.1. The summed E-state index contributed by atoms with van der Waals surface area (Å²) in [7, 11) is 0. The number of benzene rings is 14. The summed E-state index contributed by atoms with van der Waals surface area (Å²) < 4.78 is 9.01. The summed E-state index contributed by atoms with van der Waals surface area (Å²) in [6.45, 7) is 0. The van der Waals surface area contributed by atoms with Gasteiger partial charge in [0.1, 0.15) is 46.0 Å². The maximum Gasteiger partial charge on any atom is 0.182 e. The van der Waals surface area contributed by atoms with Crippen LogP contribution < -0.4 is 0 Å². The second-order valence-electron chi connectivity index (χ2n) is 33.1. The molecule has 0 aliphatic carbocycles. The second kappa shape index (κ2) is 33.8. The first kappa shape index (κ1) is 79.2. The number of hydrogen-bond acceptors (Lipinski definition) is 14. The van der Waals surface area contributed by atoms with Gasteiger partial charge in [-0.15, -0.1) is 0 Å². The third-order valence-electron chi connectivity index (χ3n) is 24.8. The molecule has 0 saturated heterocycles. The number of fused-ring (bicyclic) bond motifs is 14. The maximum absolute atomic E-state index is 5.35. The molecule has 0 atom stereocenters. The summed E-state index contributed by atoms with van der Waals surface area (Å²) in [4.78, 5) is 71.6. The zero-order valence-electron chi connectivity index (χ0n) is 72.8. The van der Waals surface area contributed by atoms with Crippen molar-refractivity contribution in [2.75, 3.05) is 0 Å². The van der Waals surface area contributed by atoms with Crippen molar-refractivity contribution in [2.24, 2.45) is 0 Å². The molecule has 0 fully saturated rings. The molecule has 0 amide bonds. The fourth-order valence-electron chi connectivity index (χ4n) is 18.7. The molecule has 0 radical (unpaired) electrons. The number of para-hydroxylation sites is 4. The quantitative estimate of drug-likeness (QED) is 0.0884. The van der Waals surface area contributed by atoms with E-state index in [1.54, 1.807) is 0 Å². The Bertz CT molecular complexity index is 7810. The molecule has 0 saturated carbocycles. The van der Waals surface area contributed by atoms with E-state index in [1.165, 1.54) is 0 Å². The normalized spacial score (nSPS) is 11.5. The van der Waals surface area contributed by atoms with Crippen LogP contribution in [0.2, 0.25) is 0 Å². The van der Waals surface area contributed by atoms with Gasteiger partial charge in [-0.1, -0.05) is 340 Å². The standard InChI is InChI=1S/C60H38N8.C58H36N10/c1-5-19-39(20-6-1)47-37-48(40-21-7-2-8-22-40)64-59(63-47)45-29-17-33-55(61-45)67-51-31-15-13-27-43(51)57-53(67)35-36-54-58(57)44-28-14-16-32-52(44)68(54)56-34-18-30-46(62-56)60-65-49(41-23-9-3-10-24-41)38-50(66-60)42-25-11-4-12-26-42;1-5-19-37(20-6-1)53-61-54(38-21-7-2-8-22-38)64-57(63-53)43-29-17-33-49(59-43)67-45-31-15-13-27-41(45)51-47(67)35-36-48-52(51)42-28-14-16-32-46(42)68(48)50-34-18-30-44(60-50)58-65-55(39-23-9-3-10-24-39)62-56(66-58)40-25-11-4-12-26-40/h1-38H;1-36H. The van der Waals surface area contributed by atoms with E-state index in [9.17, 15) is 0 Å². The Balaban J connectivity index is 0.000000145. The highest BCUT2D eigenvalue weighted by Gasteiger charge is 2.27. The average Bonchev–Trinajstić information content (AvgIpc) is 1.55. The first-order chi connectivity index (χ1) is 67.4. The molecule has 18 heteroatoms. The Hall–Kier alpha value is -18.9. The van der Waals surface area contributed by atoms with Crippen LogP contribution in [0.3, 0.4) is 0 Å². The monoisotopic (exact) mass is 1740 g/mol. The van der Waals surface area contributed by atoms with Gasteiger partial charge in [0.05, 0.1) is 66.9 Å². The minimum Gasteiger partial charge on any atom is -0.294 e. The molecule has 636 valence electrons. The zero-order chi connectivity index (χ0) is 89.9. The largest absolute Gasteiger partial charge is 0.294 e. The molecular formula is C118H74N18. The van der Waals surface area contributed by atoms with Gasteiger partial charge in [-0.25, -0.2) is 69.8 Å². The summed E-state index contributed by atoms with van der Waals surface area (Å²) in [5.41, 5.74) is 21.9. The molecule has 12 heterocycles. The number of pyridine rings is 4. The van der Waals surface area contributed by atoms with Crippen LogP contribution >= 0.6 is 0 Å². The summed E-state index contributed by atoms with van der Waals surface area (Å²) in [5.74, 6) is 7.46. The molecular weight excluding hydrogens is 1670 g/mol. The van der Waals surface area contributed by atoms with Crippen molar-refractivity contribution in [3.05, 3.63) is 449 Å². The van der Waals surface area contributed by atoms with E-state index in [0.717, 1.165) is 178 Å². The predicted molar refractivity (Wildman–Crippen MR) is 545 cm³/mol. The van der Waals surface area contributed by atoms with Gasteiger partial charge in [0.2, 0.25) is 0 Å². The van der Waals surface area contributed by atoms with Gasteiger partial charge >= 0.3 is 0 Å². The van der Waals surface area contributed by atoms with Crippen LogP contribution in [0.5, 0.6) is 0 Å². The van der Waals surface area contributed by atoms with Crippen LogP contribution in [-0.4, -0.2) is 88.0 Å². The Morgan fingerprint density at radius 1 is 0.118 bits per heavy atom. The Morgan fingerprint density at radius 3 is 0.522 bits per heavy atom. The topological polar surface area (TPSA) is 200 Å². The minimum absolute atomic E-state index is 0.491. The zero-order valence-corrected chi connectivity index (χ0v) is 72.8. The van der Waals surface area contributed by atoms with Crippen molar-refractivity contribution in [1.29, 1.82) is 0 Å². The molecule has 136 heavy (non-hydrogen) atoms. The van der Waals surface area contributed by atoms with Gasteiger partial charge in [-0.3, -0.25) is 18.3 Å². The van der Waals surface area contributed by atoms with E-state index in [4.69, 9.17) is 69.8 Å². The van der Waals surface area contributed by atoms with Gasteiger partial charge in [0.15, 0.2) is 46.6 Å². The third-order valence-corrected chi connectivity index (χ3v) is 24.8. The lowest BCUT2D eigenvalue weighted by atomic mass is 10.1. The van der Waals surface area contributed by atoms with Crippen LogP contribution in [0, 0.1) is 0 Å². The molecule has 0 aliphatic rings. The van der Waals surface area contributed by atoms with Crippen molar-refractivity contribution in [1.82, 2.24) is 88.0 Å². The van der Waals surface area contributed by atoms with E-state index in [2.05, 4.69) is 212 Å². The van der Waals surface area contributed by atoms with E-state index >= 15 is 0 Å². The van der Waals surface area contributed by atoms with Crippen molar-refractivity contribution in [2.45, 2.75) is 0 Å². The highest BCUT2D eigenvalue weighted by Crippen LogP contribution is 2.46. The lowest BCUT2D eigenvalue weighted by Crippen LogP contribution is -2.03. The van der Waals surface area contributed by atoms with Crippen molar-refractivity contribution in [3.63, 3.8) is 0 Å². The van der Waals surface area contributed by atoms with Gasteiger partial charge in [-0.05, 0) is 109 Å². The van der Waals surface area contributed by atoms with Crippen molar-refractivity contribution >= 4 is 87.2 Å². The van der Waals surface area contributed by atoms with E-state index in [0.29, 0.717) is 69.4 Å². The van der Waals surface area contributed by atoms with Gasteiger partial charge in [0, 0.05) is 87.6 Å². The third kappa shape index (κ3) is 14.3. The molecule has 18 nitrogen and oxygen atoms in total. The lowest BCUT2D eigenvalue weighted by Gasteiger charge is -2.12.